The van der Waals surface area contributed by atoms with Crippen molar-refractivity contribution in [2.75, 3.05) is 0 Å². The molecule has 0 saturated carbocycles. The lowest BCUT2D eigenvalue weighted by atomic mass is 10.2. The Morgan fingerprint density at radius 1 is 1.33 bits per heavy atom. The van der Waals surface area contributed by atoms with E-state index < -0.39 is 0 Å². The van der Waals surface area contributed by atoms with Crippen molar-refractivity contribution in [1.82, 2.24) is 15.0 Å². The van der Waals surface area contributed by atoms with Gasteiger partial charge in [0.05, 0.1) is 0 Å². The van der Waals surface area contributed by atoms with Gasteiger partial charge in [0.2, 0.25) is 0 Å². The summed E-state index contributed by atoms with van der Waals surface area (Å²) in [6, 6.07) is 5.85. The number of aryl methyl sites for hydroxylation is 1. The van der Waals surface area contributed by atoms with Crippen LogP contribution in [0.4, 0.5) is 0 Å². The zero-order valence-corrected chi connectivity index (χ0v) is 7.41. The predicted octanol–water partition coefficient (Wildman–Crippen LogP) is 1.71. The van der Waals surface area contributed by atoms with E-state index in [0.29, 0.717) is 5.88 Å². The summed E-state index contributed by atoms with van der Waals surface area (Å²) in [5.74, 6) is 0.520. The van der Waals surface area contributed by atoms with Gasteiger partial charge in [0.25, 0.3) is 0 Å². The van der Waals surface area contributed by atoms with E-state index in [-0.39, 0.29) is 0 Å². The summed E-state index contributed by atoms with van der Waals surface area (Å²) >= 11 is 5.68. The molecule has 0 amide bonds. The number of nitrogens with zero attached hydrogens (tertiary/aromatic N) is 3. The Labute approximate surface area is 74.9 Å². The van der Waals surface area contributed by atoms with Gasteiger partial charge in [0, 0.05) is 12.9 Å². The molecule has 0 aliphatic rings. The van der Waals surface area contributed by atoms with E-state index in [4.69, 9.17) is 11.6 Å². The highest BCUT2D eigenvalue weighted by atomic mass is 35.5. The molecule has 3 nitrogen and oxygen atoms in total. The molecule has 4 heteroatoms. The van der Waals surface area contributed by atoms with Gasteiger partial charge in [-0.25, -0.2) is 0 Å². The number of hydrogen-bond donors (Lipinski definition) is 0. The van der Waals surface area contributed by atoms with Crippen molar-refractivity contribution in [2.45, 2.75) is 5.88 Å². The Bertz CT molecular complexity index is 408. The molecule has 0 N–H and O–H groups in total. The van der Waals surface area contributed by atoms with Crippen LogP contribution in [0, 0.1) is 0 Å². The smallest absolute Gasteiger partial charge is 0.113 e. The third-order valence-corrected chi connectivity index (χ3v) is 2.01. The quantitative estimate of drug-likeness (QED) is 0.627. The van der Waals surface area contributed by atoms with Gasteiger partial charge in [-0.1, -0.05) is 6.07 Å². The van der Waals surface area contributed by atoms with E-state index in [9.17, 15) is 0 Å². The lowest BCUT2D eigenvalue weighted by Crippen LogP contribution is -1.90. The van der Waals surface area contributed by atoms with Crippen molar-refractivity contribution in [2.24, 2.45) is 7.05 Å². The van der Waals surface area contributed by atoms with Crippen molar-refractivity contribution in [3.8, 4) is 0 Å². The van der Waals surface area contributed by atoms with Crippen molar-refractivity contribution in [3.63, 3.8) is 0 Å². The summed E-state index contributed by atoms with van der Waals surface area (Å²) in [7, 11) is 1.81. The van der Waals surface area contributed by atoms with E-state index in [1.807, 2.05) is 18.2 Å². The highest BCUT2D eigenvalue weighted by molar-refractivity contribution is 6.17. The maximum Gasteiger partial charge on any atom is 0.113 e. The summed E-state index contributed by atoms with van der Waals surface area (Å²) in [5.41, 5.74) is 2.88. The maximum absolute atomic E-state index is 5.68. The van der Waals surface area contributed by atoms with Crippen LogP contribution >= 0.6 is 11.6 Å². The van der Waals surface area contributed by atoms with Gasteiger partial charge in [0.15, 0.2) is 0 Å². The topological polar surface area (TPSA) is 30.7 Å². The number of aromatic nitrogens is 3. The minimum atomic E-state index is 0.520. The summed E-state index contributed by atoms with van der Waals surface area (Å²) < 4.78 is 0. The molecule has 0 fully saturated rings. The average Bonchev–Trinajstić information content (AvgIpc) is 2.43. The van der Waals surface area contributed by atoms with Crippen molar-refractivity contribution >= 4 is 22.6 Å². The van der Waals surface area contributed by atoms with Gasteiger partial charge in [-0.3, -0.25) is 0 Å². The Hall–Kier alpha value is -1.09. The van der Waals surface area contributed by atoms with Crippen LogP contribution in [0.2, 0.25) is 0 Å². The van der Waals surface area contributed by atoms with Crippen LogP contribution in [-0.4, -0.2) is 15.0 Å². The zero-order chi connectivity index (χ0) is 8.55. The van der Waals surface area contributed by atoms with Gasteiger partial charge in [0.1, 0.15) is 11.0 Å². The van der Waals surface area contributed by atoms with Crippen molar-refractivity contribution in [3.05, 3.63) is 23.8 Å². The summed E-state index contributed by atoms with van der Waals surface area (Å²) in [6.45, 7) is 0. The number of halogens is 1. The molecule has 0 unspecified atom stereocenters. The molecule has 0 aliphatic heterocycles. The Morgan fingerprint density at radius 2 is 2.08 bits per heavy atom. The van der Waals surface area contributed by atoms with Crippen molar-refractivity contribution < 1.29 is 0 Å². The van der Waals surface area contributed by atoms with Crippen LogP contribution in [-0.2, 0) is 12.9 Å². The largest absolute Gasteiger partial charge is 0.187 e. The Balaban J connectivity index is 2.66. The molecule has 12 heavy (non-hydrogen) atoms. The van der Waals surface area contributed by atoms with Gasteiger partial charge >= 0.3 is 0 Å². The second-order valence-corrected chi connectivity index (χ2v) is 2.91. The van der Waals surface area contributed by atoms with E-state index >= 15 is 0 Å². The fraction of sp³-hybridized carbons (Fsp3) is 0.250. The number of fused-ring (bicyclic) bond motifs is 1. The SMILES string of the molecule is Cn1nc2ccc(CCl)cc2n1. The lowest BCUT2D eigenvalue weighted by molar-refractivity contribution is 0.665. The number of hydrogen-bond acceptors (Lipinski definition) is 2. The molecule has 2 rings (SSSR count). The summed E-state index contributed by atoms with van der Waals surface area (Å²) in [4.78, 5) is 1.56. The third kappa shape index (κ3) is 1.16. The predicted molar refractivity (Wildman–Crippen MR) is 48.1 cm³/mol. The molecular weight excluding hydrogens is 174 g/mol. The molecule has 0 atom stereocenters. The Kier molecular flexibility index (Phi) is 1.73. The molecular formula is C8H8ClN3. The summed E-state index contributed by atoms with van der Waals surface area (Å²) in [6.07, 6.45) is 0. The minimum absolute atomic E-state index is 0.520. The number of alkyl halides is 1. The van der Waals surface area contributed by atoms with E-state index in [0.717, 1.165) is 16.6 Å². The normalized spacial score (nSPS) is 10.8. The van der Waals surface area contributed by atoms with Crippen LogP contribution in [0.5, 0.6) is 0 Å². The van der Waals surface area contributed by atoms with Crippen LogP contribution < -0.4 is 0 Å². The molecule has 1 aromatic heterocycles. The zero-order valence-electron chi connectivity index (χ0n) is 6.66. The lowest BCUT2D eigenvalue weighted by Gasteiger charge is -1.91. The second kappa shape index (κ2) is 2.75. The monoisotopic (exact) mass is 181 g/mol. The van der Waals surface area contributed by atoms with Crippen LogP contribution in [0.3, 0.4) is 0 Å². The van der Waals surface area contributed by atoms with Gasteiger partial charge < -0.3 is 0 Å². The fourth-order valence-corrected chi connectivity index (χ4v) is 1.32. The second-order valence-electron chi connectivity index (χ2n) is 2.65. The van der Waals surface area contributed by atoms with E-state index in [1.54, 1.807) is 11.8 Å². The molecule has 0 saturated heterocycles. The number of benzene rings is 1. The first-order chi connectivity index (χ1) is 5.79. The average molecular weight is 182 g/mol. The Morgan fingerprint density at radius 3 is 2.83 bits per heavy atom. The third-order valence-electron chi connectivity index (χ3n) is 1.70. The molecule has 62 valence electrons. The fourth-order valence-electron chi connectivity index (χ4n) is 1.15. The molecule has 0 aliphatic carbocycles. The van der Waals surface area contributed by atoms with Crippen LogP contribution in [0.15, 0.2) is 18.2 Å². The van der Waals surface area contributed by atoms with Crippen LogP contribution in [0.25, 0.3) is 11.0 Å². The molecule has 0 bridgehead atoms. The minimum Gasteiger partial charge on any atom is -0.187 e. The van der Waals surface area contributed by atoms with Gasteiger partial charge in [-0.2, -0.15) is 15.0 Å². The highest BCUT2D eigenvalue weighted by Crippen LogP contribution is 2.12. The standard InChI is InChI=1S/C8H8ClN3/c1-12-10-7-3-2-6(5-9)4-8(7)11-12/h2-4H,5H2,1H3. The molecule has 1 heterocycles. The molecule has 1 aromatic carbocycles. The van der Waals surface area contributed by atoms with Crippen LogP contribution in [0.1, 0.15) is 5.56 Å². The molecule has 0 spiro atoms. The van der Waals surface area contributed by atoms with E-state index in [2.05, 4.69) is 10.2 Å². The molecule has 2 aromatic rings. The first-order valence-corrected chi connectivity index (χ1v) is 4.19. The van der Waals surface area contributed by atoms with Gasteiger partial charge in [-0.15, -0.1) is 11.6 Å². The van der Waals surface area contributed by atoms with Crippen molar-refractivity contribution in [1.29, 1.82) is 0 Å². The highest BCUT2D eigenvalue weighted by Gasteiger charge is 1.99. The first kappa shape index (κ1) is 7.55. The summed E-state index contributed by atoms with van der Waals surface area (Å²) in [5, 5.41) is 8.32. The van der Waals surface area contributed by atoms with Gasteiger partial charge in [-0.05, 0) is 17.7 Å². The van der Waals surface area contributed by atoms with E-state index in [1.165, 1.54) is 0 Å². The molecule has 0 radical (unpaired) electrons. The first-order valence-electron chi connectivity index (χ1n) is 3.65. The number of rotatable bonds is 1. The maximum atomic E-state index is 5.68.